The minimum atomic E-state index is -0.955. The van der Waals surface area contributed by atoms with Crippen molar-refractivity contribution in [3.05, 3.63) is 40.4 Å². The molecule has 0 unspecified atom stereocenters. The van der Waals surface area contributed by atoms with Crippen LogP contribution in [0.1, 0.15) is 29.5 Å². The van der Waals surface area contributed by atoms with E-state index in [0.29, 0.717) is 6.54 Å². The molecule has 7 heteroatoms. The van der Waals surface area contributed by atoms with Crippen LogP contribution < -0.4 is 5.32 Å². The predicted molar refractivity (Wildman–Crippen MR) is 78.7 cm³/mol. The van der Waals surface area contributed by atoms with Gasteiger partial charge in [-0.05, 0) is 24.6 Å². The number of carbonyl (C=O) groups is 1. The van der Waals surface area contributed by atoms with Crippen molar-refractivity contribution in [1.29, 1.82) is 0 Å². The molecule has 0 bridgehead atoms. The molecule has 0 spiro atoms. The van der Waals surface area contributed by atoms with Gasteiger partial charge < -0.3 is 10.4 Å². The van der Waals surface area contributed by atoms with E-state index < -0.39 is 5.97 Å². The first-order valence-electron chi connectivity index (χ1n) is 6.24. The maximum absolute atomic E-state index is 11.0. The molecule has 0 saturated carbocycles. The van der Waals surface area contributed by atoms with Gasteiger partial charge in [-0.1, -0.05) is 22.9 Å². The second kappa shape index (κ2) is 6.51. The molecule has 2 aromatic rings. The Hall–Kier alpha value is -1.89. The zero-order chi connectivity index (χ0) is 14.5. The SMILES string of the molecule is CCCn1ncnc1CNc1cc(Br)cc(C(=O)O)c1. The number of halogens is 1. The second-order valence-electron chi connectivity index (χ2n) is 4.29. The Morgan fingerprint density at radius 1 is 1.45 bits per heavy atom. The van der Waals surface area contributed by atoms with E-state index in [0.717, 1.165) is 29.0 Å². The van der Waals surface area contributed by atoms with Crippen molar-refractivity contribution >= 4 is 27.6 Å². The van der Waals surface area contributed by atoms with Crippen molar-refractivity contribution < 1.29 is 9.90 Å². The highest BCUT2D eigenvalue weighted by molar-refractivity contribution is 9.10. The minimum Gasteiger partial charge on any atom is -0.478 e. The zero-order valence-electron chi connectivity index (χ0n) is 11.0. The van der Waals surface area contributed by atoms with Gasteiger partial charge >= 0.3 is 5.97 Å². The molecule has 0 fully saturated rings. The van der Waals surface area contributed by atoms with Crippen LogP contribution in [0.25, 0.3) is 0 Å². The number of hydrogen-bond acceptors (Lipinski definition) is 4. The van der Waals surface area contributed by atoms with E-state index in [1.54, 1.807) is 12.1 Å². The number of nitrogens with one attached hydrogen (secondary N) is 1. The molecule has 1 aromatic carbocycles. The normalized spacial score (nSPS) is 10.5. The average Bonchev–Trinajstić information content (AvgIpc) is 2.83. The van der Waals surface area contributed by atoms with Crippen molar-refractivity contribution in [1.82, 2.24) is 14.8 Å². The van der Waals surface area contributed by atoms with Crippen LogP contribution in [-0.4, -0.2) is 25.8 Å². The standard InChI is InChI=1S/C13H15BrN4O2/c1-2-3-18-12(16-8-17-18)7-15-11-5-9(13(19)20)4-10(14)6-11/h4-6,8,15H,2-3,7H2,1H3,(H,19,20). The van der Waals surface area contributed by atoms with E-state index in [9.17, 15) is 4.79 Å². The van der Waals surface area contributed by atoms with E-state index in [1.807, 2.05) is 10.7 Å². The van der Waals surface area contributed by atoms with E-state index in [-0.39, 0.29) is 5.56 Å². The number of hydrogen-bond donors (Lipinski definition) is 2. The van der Waals surface area contributed by atoms with Gasteiger partial charge in [0.1, 0.15) is 12.2 Å². The minimum absolute atomic E-state index is 0.233. The van der Waals surface area contributed by atoms with Gasteiger partial charge in [-0.2, -0.15) is 5.10 Å². The summed E-state index contributed by atoms with van der Waals surface area (Å²) in [7, 11) is 0. The second-order valence-corrected chi connectivity index (χ2v) is 5.20. The first kappa shape index (κ1) is 14.5. The number of carboxylic acids is 1. The van der Waals surface area contributed by atoms with Crippen LogP contribution in [0.4, 0.5) is 5.69 Å². The summed E-state index contributed by atoms with van der Waals surface area (Å²) in [5.41, 5.74) is 0.958. The van der Waals surface area contributed by atoms with E-state index in [1.165, 1.54) is 6.33 Å². The molecule has 1 heterocycles. The summed E-state index contributed by atoms with van der Waals surface area (Å²) in [5, 5.41) is 16.3. The Morgan fingerprint density at radius 2 is 2.25 bits per heavy atom. The Kier molecular flexibility index (Phi) is 4.73. The first-order valence-corrected chi connectivity index (χ1v) is 7.04. The lowest BCUT2D eigenvalue weighted by molar-refractivity contribution is 0.0697. The molecule has 0 aliphatic rings. The van der Waals surface area contributed by atoms with Crippen molar-refractivity contribution in [3.8, 4) is 0 Å². The maximum Gasteiger partial charge on any atom is 0.335 e. The van der Waals surface area contributed by atoms with E-state index in [4.69, 9.17) is 5.11 Å². The highest BCUT2D eigenvalue weighted by Gasteiger charge is 2.07. The first-order chi connectivity index (χ1) is 9.60. The van der Waals surface area contributed by atoms with Crippen LogP contribution in [-0.2, 0) is 13.1 Å². The van der Waals surface area contributed by atoms with Crippen LogP contribution in [0.3, 0.4) is 0 Å². The molecule has 0 atom stereocenters. The quantitative estimate of drug-likeness (QED) is 0.846. The summed E-state index contributed by atoms with van der Waals surface area (Å²) < 4.78 is 2.55. The lowest BCUT2D eigenvalue weighted by Crippen LogP contribution is -2.10. The van der Waals surface area contributed by atoms with Gasteiger partial charge in [0.05, 0.1) is 12.1 Å². The number of aryl methyl sites for hydroxylation is 1. The van der Waals surface area contributed by atoms with Gasteiger partial charge in [-0.3, -0.25) is 0 Å². The summed E-state index contributed by atoms with van der Waals surface area (Å²) in [6.07, 6.45) is 2.51. The molecule has 6 nitrogen and oxygen atoms in total. The number of carboxylic acid groups (broad SMARTS) is 1. The average molecular weight is 339 g/mol. The van der Waals surface area contributed by atoms with Crippen molar-refractivity contribution in [2.24, 2.45) is 0 Å². The Morgan fingerprint density at radius 3 is 2.95 bits per heavy atom. The summed E-state index contributed by atoms with van der Waals surface area (Å²) in [6.45, 7) is 3.39. The highest BCUT2D eigenvalue weighted by Crippen LogP contribution is 2.20. The van der Waals surface area contributed by atoms with E-state index in [2.05, 4.69) is 38.3 Å². The van der Waals surface area contributed by atoms with Gasteiger partial charge in [-0.25, -0.2) is 14.5 Å². The van der Waals surface area contributed by atoms with Crippen molar-refractivity contribution in [2.45, 2.75) is 26.4 Å². The van der Waals surface area contributed by atoms with Crippen LogP contribution in [0, 0.1) is 0 Å². The smallest absolute Gasteiger partial charge is 0.335 e. The summed E-state index contributed by atoms with van der Waals surface area (Å²) in [4.78, 5) is 15.2. The number of aromatic carboxylic acids is 1. The number of benzene rings is 1. The van der Waals surface area contributed by atoms with Gasteiger partial charge in [0.2, 0.25) is 0 Å². The van der Waals surface area contributed by atoms with Crippen molar-refractivity contribution in [3.63, 3.8) is 0 Å². The molecule has 1 aromatic heterocycles. The van der Waals surface area contributed by atoms with Crippen LogP contribution in [0.15, 0.2) is 29.0 Å². The molecule has 106 valence electrons. The summed E-state index contributed by atoms with van der Waals surface area (Å²) >= 11 is 3.30. The number of nitrogens with zero attached hydrogens (tertiary/aromatic N) is 3. The Bertz CT molecular complexity index is 612. The molecule has 0 radical (unpaired) electrons. The fraction of sp³-hybridized carbons (Fsp3) is 0.308. The zero-order valence-corrected chi connectivity index (χ0v) is 12.6. The van der Waals surface area contributed by atoms with Gasteiger partial charge in [0.15, 0.2) is 0 Å². The molecule has 2 rings (SSSR count). The van der Waals surface area contributed by atoms with Crippen molar-refractivity contribution in [2.75, 3.05) is 5.32 Å². The third-order valence-corrected chi connectivity index (χ3v) is 3.18. The summed E-state index contributed by atoms with van der Waals surface area (Å²) in [5.74, 6) is -0.132. The molecule has 0 saturated heterocycles. The third kappa shape index (κ3) is 3.57. The summed E-state index contributed by atoms with van der Waals surface area (Å²) in [6, 6.07) is 4.98. The van der Waals surface area contributed by atoms with Crippen LogP contribution >= 0.6 is 15.9 Å². The Balaban J connectivity index is 2.10. The maximum atomic E-state index is 11.0. The van der Waals surface area contributed by atoms with Crippen LogP contribution in [0.5, 0.6) is 0 Å². The van der Waals surface area contributed by atoms with Crippen LogP contribution in [0.2, 0.25) is 0 Å². The fourth-order valence-corrected chi connectivity index (χ4v) is 2.31. The predicted octanol–water partition coefficient (Wildman–Crippen LogP) is 2.76. The van der Waals surface area contributed by atoms with E-state index >= 15 is 0 Å². The molecule has 20 heavy (non-hydrogen) atoms. The topological polar surface area (TPSA) is 80.0 Å². The van der Waals surface area contributed by atoms with Gasteiger partial charge in [-0.15, -0.1) is 0 Å². The molecular formula is C13H15BrN4O2. The highest BCUT2D eigenvalue weighted by atomic mass is 79.9. The molecule has 2 N–H and O–H groups in total. The number of anilines is 1. The third-order valence-electron chi connectivity index (χ3n) is 2.73. The lowest BCUT2D eigenvalue weighted by Gasteiger charge is -2.09. The largest absolute Gasteiger partial charge is 0.478 e. The Labute approximate surface area is 125 Å². The monoisotopic (exact) mass is 338 g/mol. The number of aromatic nitrogens is 3. The molecular weight excluding hydrogens is 324 g/mol. The van der Waals surface area contributed by atoms with Gasteiger partial charge in [0.25, 0.3) is 0 Å². The molecule has 0 amide bonds. The molecule has 0 aliphatic carbocycles. The van der Waals surface area contributed by atoms with Gasteiger partial charge in [0, 0.05) is 16.7 Å². The lowest BCUT2D eigenvalue weighted by atomic mass is 10.2. The molecule has 0 aliphatic heterocycles. The fourth-order valence-electron chi connectivity index (χ4n) is 1.82. The number of rotatable bonds is 6.